The molecule has 28 heavy (non-hydrogen) atoms. The second-order valence-corrected chi connectivity index (χ2v) is 9.67. The van der Waals surface area contributed by atoms with Crippen LogP contribution in [0.25, 0.3) is 0 Å². The van der Waals surface area contributed by atoms with Gasteiger partial charge in [0.25, 0.3) is 0 Å². The lowest BCUT2D eigenvalue weighted by Gasteiger charge is -2.20. The van der Waals surface area contributed by atoms with Crippen molar-refractivity contribution in [2.45, 2.75) is 51.9 Å². The maximum Gasteiger partial charge on any atom is 0.343 e. The van der Waals surface area contributed by atoms with E-state index in [1.165, 1.54) is 28.6 Å². The van der Waals surface area contributed by atoms with Crippen LogP contribution in [0.15, 0.2) is 47.4 Å². The Labute approximate surface area is 168 Å². The fraction of sp³-hybridized carbons (Fsp3) is 0.409. The highest BCUT2D eigenvalue weighted by molar-refractivity contribution is 7.89. The van der Waals surface area contributed by atoms with Gasteiger partial charge in [-0.1, -0.05) is 46.8 Å². The van der Waals surface area contributed by atoms with E-state index in [9.17, 15) is 13.2 Å². The van der Waals surface area contributed by atoms with Crippen LogP contribution < -0.4 is 4.74 Å². The molecule has 0 atom stereocenters. The summed E-state index contributed by atoms with van der Waals surface area (Å²) in [5.41, 5.74) is 2.36. The van der Waals surface area contributed by atoms with Crippen molar-refractivity contribution in [3.05, 3.63) is 59.2 Å². The van der Waals surface area contributed by atoms with Crippen LogP contribution in [0.1, 0.15) is 56.1 Å². The summed E-state index contributed by atoms with van der Waals surface area (Å²) in [6, 6.07) is 11.6. The zero-order chi connectivity index (χ0) is 21.1. The van der Waals surface area contributed by atoms with E-state index in [1.807, 2.05) is 19.1 Å². The molecule has 2 rings (SSSR count). The minimum Gasteiger partial charge on any atom is -0.423 e. The molecular weight excluding hydrogens is 374 g/mol. The number of benzene rings is 2. The van der Waals surface area contributed by atoms with Crippen LogP contribution in [0.5, 0.6) is 5.75 Å². The summed E-state index contributed by atoms with van der Waals surface area (Å²) < 4.78 is 32.0. The Morgan fingerprint density at radius 2 is 1.57 bits per heavy atom. The summed E-state index contributed by atoms with van der Waals surface area (Å²) >= 11 is 0. The maximum atomic E-state index is 12.5. The third-order valence-corrected chi connectivity index (χ3v) is 6.74. The van der Waals surface area contributed by atoms with Crippen LogP contribution in [0.2, 0.25) is 0 Å². The van der Waals surface area contributed by atoms with Gasteiger partial charge in [0, 0.05) is 13.1 Å². The predicted octanol–water partition coefficient (Wildman–Crippen LogP) is 4.54. The Morgan fingerprint density at radius 1 is 1.00 bits per heavy atom. The van der Waals surface area contributed by atoms with Gasteiger partial charge in [0.05, 0.1) is 10.5 Å². The Hall–Kier alpha value is -2.18. The van der Waals surface area contributed by atoms with E-state index in [-0.39, 0.29) is 10.3 Å². The average Bonchev–Trinajstić information content (AvgIpc) is 2.63. The van der Waals surface area contributed by atoms with Crippen molar-refractivity contribution in [3.8, 4) is 5.75 Å². The number of esters is 1. The molecule has 0 unspecified atom stereocenters. The molecule has 0 bridgehead atoms. The van der Waals surface area contributed by atoms with Gasteiger partial charge in [-0.25, -0.2) is 13.2 Å². The molecular formula is C22H29NO4S. The zero-order valence-corrected chi connectivity index (χ0v) is 18.3. The number of ether oxygens (including phenoxy) is 1. The van der Waals surface area contributed by atoms with Crippen molar-refractivity contribution in [1.82, 2.24) is 4.31 Å². The van der Waals surface area contributed by atoms with Gasteiger partial charge in [-0.3, -0.25) is 0 Å². The fourth-order valence-corrected chi connectivity index (χ4v) is 4.32. The molecule has 6 heteroatoms. The van der Waals surface area contributed by atoms with Gasteiger partial charge in [-0.15, -0.1) is 0 Å². The van der Waals surface area contributed by atoms with E-state index in [0.29, 0.717) is 24.4 Å². The third-order valence-electron chi connectivity index (χ3n) is 4.68. The molecule has 0 aliphatic heterocycles. The molecule has 0 saturated carbocycles. The van der Waals surface area contributed by atoms with Gasteiger partial charge in [0.1, 0.15) is 5.75 Å². The lowest BCUT2D eigenvalue weighted by Crippen LogP contribution is -2.30. The van der Waals surface area contributed by atoms with Gasteiger partial charge >= 0.3 is 5.97 Å². The fourth-order valence-electron chi connectivity index (χ4n) is 2.86. The van der Waals surface area contributed by atoms with E-state index in [0.717, 1.165) is 11.1 Å². The first kappa shape index (κ1) is 22.1. The highest BCUT2D eigenvalue weighted by atomic mass is 32.2. The topological polar surface area (TPSA) is 63.7 Å². The minimum absolute atomic E-state index is 0.0134. The normalized spacial score (nSPS) is 12.2. The summed E-state index contributed by atoms with van der Waals surface area (Å²) in [7, 11) is -3.55. The third kappa shape index (κ3) is 4.80. The van der Waals surface area contributed by atoms with Crippen LogP contribution in [0.3, 0.4) is 0 Å². The van der Waals surface area contributed by atoms with E-state index in [4.69, 9.17) is 4.74 Å². The Bertz CT molecular complexity index is 937. The summed E-state index contributed by atoms with van der Waals surface area (Å²) in [4.78, 5) is 12.6. The van der Waals surface area contributed by atoms with Crippen LogP contribution in [0, 0.1) is 6.92 Å². The van der Waals surface area contributed by atoms with Crippen molar-refractivity contribution in [2.75, 3.05) is 13.1 Å². The molecule has 0 aliphatic rings. The van der Waals surface area contributed by atoms with Crippen molar-refractivity contribution in [2.24, 2.45) is 0 Å². The molecule has 0 saturated heterocycles. The number of hydrogen-bond donors (Lipinski definition) is 0. The second-order valence-electron chi connectivity index (χ2n) is 7.73. The Kier molecular flexibility index (Phi) is 6.67. The van der Waals surface area contributed by atoms with Crippen LogP contribution >= 0.6 is 0 Å². The molecule has 0 fully saturated rings. The highest BCUT2D eigenvalue weighted by Crippen LogP contribution is 2.28. The summed E-state index contributed by atoms with van der Waals surface area (Å²) in [6.45, 7) is 12.7. The highest BCUT2D eigenvalue weighted by Gasteiger charge is 2.22. The average molecular weight is 404 g/mol. The number of nitrogens with zero attached hydrogens (tertiary/aromatic N) is 1. The second kappa shape index (κ2) is 8.45. The smallest absolute Gasteiger partial charge is 0.343 e. The van der Waals surface area contributed by atoms with Gasteiger partial charge in [-0.05, 0) is 53.8 Å². The van der Waals surface area contributed by atoms with Crippen molar-refractivity contribution in [3.63, 3.8) is 0 Å². The van der Waals surface area contributed by atoms with Gasteiger partial charge in [0.15, 0.2) is 0 Å². The van der Waals surface area contributed by atoms with Crippen molar-refractivity contribution in [1.29, 1.82) is 0 Å². The van der Waals surface area contributed by atoms with Crippen molar-refractivity contribution < 1.29 is 17.9 Å². The lowest BCUT2D eigenvalue weighted by molar-refractivity contribution is 0.0733. The molecule has 0 aliphatic carbocycles. The first-order chi connectivity index (χ1) is 13.0. The Morgan fingerprint density at radius 3 is 2.04 bits per heavy atom. The largest absolute Gasteiger partial charge is 0.423 e. The number of carbonyl (C=O) groups is 1. The van der Waals surface area contributed by atoms with E-state index >= 15 is 0 Å². The van der Waals surface area contributed by atoms with E-state index < -0.39 is 16.0 Å². The molecule has 2 aromatic rings. The van der Waals surface area contributed by atoms with Gasteiger partial charge < -0.3 is 4.74 Å². The molecule has 0 amide bonds. The van der Waals surface area contributed by atoms with E-state index in [1.54, 1.807) is 19.9 Å². The molecule has 0 heterocycles. The maximum absolute atomic E-state index is 12.5. The summed E-state index contributed by atoms with van der Waals surface area (Å²) in [5, 5.41) is 0. The van der Waals surface area contributed by atoms with Crippen LogP contribution in [0.4, 0.5) is 0 Å². The lowest BCUT2D eigenvalue weighted by atomic mass is 9.86. The SMILES string of the molecule is CCN(CC)S(=O)(=O)c1ccc(C(=O)Oc2ccc(C(C)(C)C)cc2C)cc1. The predicted molar refractivity (Wildman–Crippen MR) is 111 cm³/mol. The first-order valence-corrected chi connectivity index (χ1v) is 10.9. The number of sulfonamides is 1. The quantitative estimate of drug-likeness (QED) is 0.525. The molecule has 5 nitrogen and oxygen atoms in total. The summed E-state index contributed by atoms with van der Waals surface area (Å²) in [5.74, 6) is -0.0174. The summed E-state index contributed by atoms with van der Waals surface area (Å²) in [6.07, 6.45) is 0. The number of rotatable bonds is 6. The van der Waals surface area contributed by atoms with Gasteiger partial charge in [-0.2, -0.15) is 4.31 Å². The molecule has 0 spiro atoms. The zero-order valence-electron chi connectivity index (χ0n) is 17.4. The van der Waals surface area contributed by atoms with Crippen LogP contribution in [-0.2, 0) is 15.4 Å². The van der Waals surface area contributed by atoms with Crippen molar-refractivity contribution >= 4 is 16.0 Å². The number of carbonyl (C=O) groups excluding carboxylic acids is 1. The monoisotopic (exact) mass is 403 g/mol. The van der Waals surface area contributed by atoms with Gasteiger partial charge in [0.2, 0.25) is 10.0 Å². The molecule has 0 aromatic heterocycles. The van der Waals surface area contributed by atoms with Crippen LogP contribution in [-0.4, -0.2) is 31.8 Å². The minimum atomic E-state index is -3.55. The Balaban J connectivity index is 2.20. The standard InChI is InChI=1S/C22H29NO4S/c1-7-23(8-2)28(25,26)19-12-9-17(10-13-19)21(24)27-20-14-11-18(15-16(20)3)22(4,5)6/h9-15H,7-8H2,1-6H3. The molecule has 0 radical (unpaired) electrons. The number of aryl methyl sites for hydroxylation is 1. The molecule has 152 valence electrons. The number of hydrogen-bond acceptors (Lipinski definition) is 4. The molecule has 0 N–H and O–H groups in total. The first-order valence-electron chi connectivity index (χ1n) is 9.44. The van der Waals surface area contributed by atoms with E-state index in [2.05, 4.69) is 20.8 Å². The molecule has 2 aromatic carbocycles.